The predicted octanol–water partition coefficient (Wildman–Crippen LogP) is 1.29. The van der Waals surface area contributed by atoms with Gasteiger partial charge < -0.3 is 4.90 Å². The number of hydrogen-bond donors (Lipinski definition) is 0. The zero-order valence-corrected chi connectivity index (χ0v) is 12.0. The lowest BCUT2D eigenvalue weighted by Crippen LogP contribution is -2.54. The van der Waals surface area contributed by atoms with Crippen LogP contribution in [0.4, 0.5) is 0 Å². The smallest absolute Gasteiger partial charge is 0.218 e. The number of likely N-dealkylation sites (N-methyl/N-ethyl adjacent to an activating group) is 1. The van der Waals surface area contributed by atoms with E-state index < -0.39 is 10.0 Å². The van der Waals surface area contributed by atoms with Crippen molar-refractivity contribution in [2.24, 2.45) is 0 Å². The highest BCUT2D eigenvalue weighted by molar-refractivity contribution is 7.88. The lowest BCUT2D eigenvalue weighted by atomic mass is 10.2. The summed E-state index contributed by atoms with van der Waals surface area (Å²) in [5, 5.41) is 0. The molecule has 0 radical (unpaired) electrons. The maximum atomic E-state index is 12.6. The van der Waals surface area contributed by atoms with Crippen molar-refractivity contribution in [2.45, 2.75) is 30.7 Å². The standard InChI is InChI=1S/C14H20N2O2S/c1-15-9-13-7-8-14(10-15)16(13)19(17,18)11-12-5-3-2-4-6-12/h2-6,13-14H,7-11H2,1H3. The number of fused-ring (bicyclic) bond motifs is 2. The van der Waals surface area contributed by atoms with Crippen molar-refractivity contribution in [3.05, 3.63) is 35.9 Å². The van der Waals surface area contributed by atoms with Crippen LogP contribution in [0.2, 0.25) is 0 Å². The molecule has 2 aliphatic heterocycles. The van der Waals surface area contributed by atoms with E-state index in [1.165, 1.54) is 0 Å². The molecule has 1 aromatic carbocycles. The molecule has 1 aromatic rings. The fourth-order valence-electron chi connectivity index (χ4n) is 3.39. The zero-order valence-electron chi connectivity index (χ0n) is 11.2. The Morgan fingerprint density at radius 1 is 1.11 bits per heavy atom. The Hall–Kier alpha value is -0.910. The second-order valence-electron chi connectivity index (χ2n) is 5.68. The maximum absolute atomic E-state index is 12.6. The van der Waals surface area contributed by atoms with Crippen LogP contribution in [0.5, 0.6) is 0 Å². The number of hydrogen-bond acceptors (Lipinski definition) is 3. The minimum Gasteiger partial charge on any atom is -0.303 e. The lowest BCUT2D eigenvalue weighted by Gasteiger charge is -2.38. The molecule has 0 aliphatic carbocycles. The summed E-state index contributed by atoms with van der Waals surface area (Å²) in [5.41, 5.74) is 0.876. The van der Waals surface area contributed by atoms with Gasteiger partial charge in [0, 0.05) is 25.2 Å². The van der Waals surface area contributed by atoms with E-state index in [9.17, 15) is 8.42 Å². The Morgan fingerprint density at radius 3 is 2.26 bits per heavy atom. The van der Waals surface area contributed by atoms with Crippen molar-refractivity contribution in [1.29, 1.82) is 0 Å². The van der Waals surface area contributed by atoms with Gasteiger partial charge in [-0.15, -0.1) is 0 Å². The third-order valence-corrected chi connectivity index (χ3v) is 6.05. The molecule has 2 atom stereocenters. The van der Waals surface area contributed by atoms with Gasteiger partial charge in [0.15, 0.2) is 0 Å². The van der Waals surface area contributed by atoms with Crippen molar-refractivity contribution in [2.75, 3.05) is 20.1 Å². The summed E-state index contributed by atoms with van der Waals surface area (Å²) in [7, 11) is -1.11. The second-order valence-corrected chi connectivity index (χ2v) is 7.55. The van der Waals surface area contributed by atoms with E-state index in [-0.39, 0.29) is 17.8 Å². The fourth-order valence-corrected chi connectivity index (χ4v) is 5.40. The zero-order chi connectivity index (χ0) is 13.5. The van der Waals surface area contributed by atoms with E-state index >= 15 is 0 Å². The molecule has 2 aliphatic rings. The third kappa shape index (κ3) is 2.55. The van der Waals surface area contributed by atoms with Crippen molar-refractivity contribution in [3.63, 3.8) is 0 Å². The van der Waals surface area contributed by atoms with Gasteiger partial charge in [-0.25, -0.2) is 8.42 Å². The molecule has 2 heterocycles. The first kappa shape index (κ1) is 13.1. The van der Waals surface area contributed by atoms with Crippen LogP contribution >= 0.6 is 0 Å². The van der Waals surface area contributed by atoms with E-state index in [0.717, 1.165) is 31.5 Å². The Labute approximate surface area is 115 Å². The molecule has 0 saturated carbocycles. The van der Waals surface area contributed by atoms with Crippen LogP contribution in [0.25, 0.3) is 0 Å². The first-order valence-corrected chi connectivity index (χ1v) is 8.41. The Balaban J connectivity index is 1.82. The third-order valence-electron chi connectivity index (χ3n) is 4.11. The average molecular weight is 280 g/mol. The molecule has 19 heavy (non-hydrogen) atoms. The largest absolute Gasteiger partial charge is 0.303 e. The molecule has 0 amide bonds. The molecular weight excluding hydrogens is 260 g/mol. The van der Waals surface area contributed by atoms with E-state index in [4.69, 9.17) is 0 Å². The summed E-state index contributed by atoms with van der Waals surface area (Å²) < 4.78 is 27.1. The van der Waals surface area contributed by atoms with Gasteiger partial charge in [-0.05, 0) is 25.5 Å². The topological polar surface area (TPSA) is 40.6 Å². The average Bonchev–Trinajstić information content (AvgIpc) is 2.64. The lowest BCUT2D eigenvalue weighted by molar-refractivity contribution is 0.154. The summed E-state index contributed by atoms with van der Waals surface area (Å²) >= 11 is 0. The SMILES string of the molecule is CN1CC2CCC(C1)N2S(=O)(=O)Cc1ccccc1. The van der Waals surface area contributed by atoms with Gasteiger partial charge in [0.2, 0.25) is 10.0 Å². The number of benzene rings is 1. The highest BCUT2D eigenvalue weighted by Gasteiger charge is 2.45. The van der Waals surface area contributed by atoms with Crippen LogP contribution < -0.4 is 0 Å². The Kier molecular flexibility index (Phi) is 3.37. The summed E-state index contributed by atoms with van der Waals surface area (Å²) in [6, 6.07) is 9.82. The number of sulfonamides is 1. The monoisotopic (exact) mass is 280 g/mol. The molecule has 4 nitrogen and oxygen atoms in total. The van der Waals surface area contributed by atoms with Crippen molar-refractivity contribution in [1.82, 2.24) is 9.21 Å². The van der Waals surface area contributed by atoms with Crippen LogP contribution in [-0.4, -0.2) is 49.8 Å². The van der Waals surface area contributed by atoms with Gasteiger partial charge in [-0.1, -0.05) is 30.3 Å². The molecule has 104 valence electrons. The highest BCUT2D eigenvalue weighted by Crippen LogP contribution is 2.33. The molecule has 3 rings (SSSR count). The number of nitrogens with zero attached hydrogens (tertiary/aromatic N) is 2. The van der Waals surface area contributed by atoms with Crippen LogP contribution in [0.1, 0.15) is 18.4 Å². The van der Waals surface area contributed by atoms with Crippen LogP contribution in [0, 0.1) is 0 Å². The molecule has 2 saturated heterocycles. The Bertz CT molecular complexity index is 530. The maximum Gasteiger partial charge on any atom is 0.218 e. The van der Waals surface area contributed by atoms with E-state index in [0.29, 0.717) is 0 Å². The first-order valence-electron chi connectivity index (χ1n) is 6.80. The van der Waals surface area contributed by atoms with E-state index in [1.54, 1.807) is 4.31 Å². The van der Waals surface area contributed by atoms with Gasteiger partial charge in [0.05, 0.1) is 5.75 Å². The summed E-state index contributed by atoms with van der Waals surface area (Å²) in [6.45, 7) is 1.73. The van der Waals surface area contributed by atoms with Crippen LogP contribution in [0.3, 0.4) is 0 Å². The van der Waals surface area contributed by atoms with E-state index in [1.807, 2.05) is 30.3 Å². The van der Waals surface area contributed by atoms with Gasteiger partial charge >= 0.3 is 0 Å². The number of likely N-dealkylation sites (tertiary alicyclic amines) is 1. The molecule has 0 aromatic heterocycles. The molecule has 0 spiro atoms. The normalized spacial score (nSPS) is 28.7. The predicted molar refractivity (Wildman–Crippen MR) is 75.2 cm³/mol. The Morgan fingerprint density at radius 2 is 1.68 bits per heavy atom. The van der Waals surface area contributed by atoms with Crippen molar-refractivity contribution < 1.29 is 8.42 Å². The molecule has 2 unspecified atom stereocenters. The highest BCUT2D eigenvalue weighted by atomic mass is 32.2. The first-order chi connectivity index (χ1) is 9.06. The van der Waals surface area contributed by atoms with Crippen molar-refractivity contribution >= 4 is 10.0 Å². The van der Waals surface area contributed by atoms with Crippen LogP contribution in [0.15, 0.2) is 30.3 Å². The number of piperazine rings is 1. The molecular formula is C14H20N2O2S. The molecule has 2 bridgehead atoms. The van der Waals surface area contributed by atoms with Gasteiger partial charge in [-0.2, -0.15) is 4.31 Å². The van der Waals surface area contributed by atoms with Gasteiger partial charge in [0.1, 0.15) is 0 Å². The molecule has 5 heteroatoms. The minimum absolute atomic E-state index is 0.130. The molecule has 0 N–H and O–H groups in total. The van der Waals surface area contributed by atoms with Gasteiger partial charge in [-0.3, -0.25) is 0 Å². The summed E-state index contributed by atoms with van der Waals surface area (Å²) in [4.78, 5) is 2.25. The minimum atomic E-state index is -3.19. The summed E-state index contributed by atoms with van der Waals surface area (Å²) in [6.07, 6.45) is 2.01. The van der Waals surface area contributed by atoms with Crippen molar-refractivity contribution in [3.8, 4) is 0 Å². The van der Waals surface area contributed by atoms with E-state index in [2.05, 4.69) is 11.9 Å². The second kappa shape index (κ2) is 4.89. The quantitative estimate of drug-likeness (QED) is 0.838. The molecule has 2 fully saturated rings. The fraction of sp³-hybridized carbons (Fsp3) is 0.571. The van der Waals surface area contributed by atoms with Gasteiger partial charge in [0.25, 0.3) is 0 Å². The van der Waals surface area contributed by atoms with Crippen LogP contribution in [-0.2, 0) is 15.8 Å². The number of rotatable bonds is 3. The summed E-state index contributed by atoms with van der Waals surface area (Å²) in [5.74, 6) is 0.130.